The predicted molar refractivity (Wildman–Crippen MR) is 105 cm³/mol. The molecule has 2 aromatic rings. The van der Waals surface area contributed by atoms with Crippen molar-refractivity contribution in [3.63, 3.8) is 0 Å². The third-order valence-electron chi connectivity index (χ3n) is 5.06. The molecule has 1 aliphatic heterocycles. The Balaban J connectivity index is 1.40. The number of likely N-dealkylation sites (tertiary alicyclic amines) is 1. The molecule has 0 radical (unpaired) electrons. The molecule has 1 N–H and O–H groups in total. The summed E-state index contributed by atoms with van der Waals surface area (Å²) in [6.07, 6.45) is 6.20. The Kier molecular flexibility index (Phi) is 6.07. The fourth-order valence-corrected chi connectivity index (χ4v) is 4.45. The third-order valence-corrected chi connectivity index (χ3v) is 6.16. The number of nitrogens with zero attached hydrogens (tertiary/aromatic N) is 2. The highest BCUT2D eigenvalue weighted by Crippen LogP contribution is 2.23. The lowest BCUT2D eigenvalue weighted by Gasteiger charge is -2.41. The van der Waals surface area contributed by atoms with E-state index in [1.165, 1.54) is 24.0 Å². The van der Waals surface area contributed by atoms with Crippen molar-refractivity contribution < 1.29 is 4.79 Å². The van der Waals surface area contributed by atoms with Gasteiger partial charge in [-0.25, -0.2) is 4.98 Å². The average molecular weight is 360 g/mol. The molecule has 1 aromatic carbocycles. The Hall–Kier alpha value is -1.46. The van der Waals surface area contributed by atoms with Crippen LogP contribution < -0.4 is 5.32 Å². The van der Waals surface area contributed by atoms with E-state index in [1.807, 2.05) is 18.2 Å². The lowest BCUT2D eigenvalue weighted by Crippen LogP contribution is -2.53. The van der Waals surface area contributed by atoms with Crippen molar-refractivity contribution >= 4 is 27.5 Å². The third kappa shape index (κ3) is 5.02. The number of carbonyl (C=O) groups is 1. The molecule has 0 atom stereocenters. The number of hydrogen-bond acceptors (Lipinski definition) is 4. The van der Waals surface area contributed by atoms with Crippen molar-refractivity contribution in [1.29, 1.82) is 0 Å². The van der Waals surface area contributed by atoms with Gasteiger partial charge in [0, 0.05) is 18.5 Å². The van der Waals surface area contributed by atoms with Crippen LogP contribution in [0.5, 0.6) is 0 Å². The van der Waals surface area contributed by atoms with E-state index in [2.05, 4.69) is 35.1 Å². The normalized spacial score (nSPS) is 16.2. The fraction of sp³-hybridized carbons (Fsp3) is 0.600. The first-order valence-corrected chi connectivity index (χ1v) is 10.2. The van der Waals surface area contributed by atoms with Crippen molar-refractivity contribution in [3.05, 3.63) is 29.3 Å². The van der Waals surface area contributed by atoms with Gasteiger partial charge in [-0.3, -0.25) is 9.69 Å². The van der Waals surface area contributed by atoms with E-state index in [0.717, 1.165) is 43.0 Å². The predicted octanol–water partition coefficient (Wildman–Crippen LogP) is 4.00. The monoisotopic (exact) mass is 359 g/mol. The second-order valence-corrected chi connectivity index (χ2v) is 8.68. The topological polar surface area (TPSA) is 45.2 Å². The van der Waals surface area contributed by atoms with Crippen molar-refractivity contribution in [2.45, 2.75) is 57.9 Å². The van der Waals surface area contributed by atoms with E-state index in [4.69, 9.17) is 0 Å². The van der Waals surface area contributed by atoms with Gasteiger partial charge in [0.05, 0.1) is 15.2 Å². The van der Waals surface area contributed by atoms with Gasteiger partial charge in [-0.15, -0.1) is 11.3 Å². The quantitative estimate of drug-likeness (QED) is 0.813. The number of benzene rings is 1. The number of carbonyl (C=O) groups excluding carboxylic acids is 1. The van der Waals surface area contributed by atoms with Crippen molar-refractivity contribution in [3.8, 4) is 0 Å². The van der Waals surface area contributed by atoms with Gasteiger partial charge in [0.1, 0.15) is 0 Å². The van der Waals surface area contributed by atoms with E-state index in [1.54, 1.807) is 11.3 Å². The second-order valence-electron chi connectivity index (χ2n) is 7.57. The van der Waals surface area contributed by atoms with Crippen LogP contribution >= 0.6 is 11.3 Å². The highest BCUT2D eigenvalue weighted by atomic mass is 32.1. The molecule has 0 spiro atoms. The molecule has 1 aromatic heterocycles. The van der Waals surface area contributed by atoms with E-state index in [0.29, 0.717) is 6.42 Å². The minimum Gasteiger partial charge on any atom is -0.354 e. The van der Waals surface area contributed by atoms with Crippen molar-refractivity contribution in [1.82, 2.24) is 15.2 Å². The molecule has 0 bridgehead atoms. The van der Waals surface area contributed by atoms with E-state index in [9.17, 15) is 4.79 Å². The smallest absolute Gasteiger partial charge is 0.220 e. The fourth-order valence-electron chi connectivity index (χ4n) is 3.44. The number of amides is 1. The number of aromatic nitrogens is 1. The summed E-state index contributed by atoms with van der Waals surface area (Å²) < 4.78 is 1.23. The zero-order valence-corrected chi connectivity index (χ0v) is 16.2. The molecule has 4 nitrogen and oxygen atoms in total. The lowest BCUT2D eigenvalue weighted by atomic mass is 9.98. The summed E-state index contributed by atoms with van der Waals surface area (Å²) in [6, 6.07) is 8.21. The highest BCUT2D eigenvalue weighted by Gasteiger charge is 2.28. The number of aryl methyl sites for hydroxylation is 1. The first kappa shape index (κ1) is 18.3. The molecule has 0 unspecified atom stereocenters. The van der Waals surface area contributed by atoms with E-state index < -0.39 is 0 Å². The Morgan fingerprint density at radius 1 is 1.24 bits per heavy atom. The largest absolute Gasteiger partial charge is 0.354 e. The minimum atomic E-state index is 0.0448. The molecule has 0 aliphatic carbocycles. The summed E-state index contributed by atoms with van der Waals surface area (Å²) in [5, 5.41) is 4.26. The van der Waals surface area contributed by atoms with Gasteiger partial charge in [-0.1, -0.05) is 18.6 Å². The van der Waals surface area contributed by atoms with Gasteiger partial charge >= 0.3 is 0 Å². The summed E-state index contributed by atoms with van der Waals surface area (Å²) in [6.45, 7) is 7.51. The molecule has 1 amide bonds. The van der Waals surface area contributed by atoms with Gasteiger partial charge in [0.15, 0.2) is 0 Å². The van der Waals surface area contributed by atoms with Gasteiger partial charge in [0.25, 0.3) is 0 Å². The molecular weight excluding hydrogens is 330 g/mol. The summed E-state index contributed by atoms with van der Waals surface area (Å²) >= 11 is 1.74. The first-order chi connectivity index (χ1) is 12.0. The number of rotatable bonds is 7. The molecule has 1 fully saturated rings. The van der Waals surface area contributed by atoms with Gasteiger partial charge in [0.2, 0.25) is 5.91 Å². The number of fused-ring (bicyclic) bond motifs is 1. The molecule has 0 saturated carbocycles. The van der Waals surface area contributed by atoms with Crippen LogP contribution in [0.2, 0.25) is 0 Å². The Morgan fingerprint density at radius 2 is 2.00 bits per heavy atom. The molecule has 136 valence electrons. The van der Waals surface area contributed by atoms with Crippen LogP contribution in [0.1, 0.15) is 51.0 Å². The first-order valence-electron chi connectivity index (χ1n) is 9.41. The standard InChI is InChI=1S/C20H29N3OS/c1-20(2,23-13-6-3-7-14-23)15-21-18(24)11-8-12-19-22-16-9-4-5-10-17(16)25-19/h4-5,9-10H,3,6-8,11-15H2,1-2H3,(H,21,24). The number of para-hydroxylation sites is 1. The number of hydrogen-bond donors (Lipinski definition) is 1. The minimum absolute atomic E-state index is 0.0448. The highest BCUT2D eigenvalue weighted by molar-refractivity contribution is 7.18. The van der Waals surface area contributed by atoms with Crippen LogP contribution in [0.3, 0.4) is 0 Å². The molecule has 25 heavy (non-hydrogen) atoms. The Morgan fingerprint density at radius 3 is 2.76 bits per heavy atom. The maximum absolute atomic E-state index is 12.2. The van der Waals surface area contributed by atoms with E-state index >= 15 is 0 Å². The van der Waals surface area contributed by atoms with Crippen LogP contribution in [0.15, 0.2) is 24.3 Å². The lowest BCUT2D eigenvalue weighted by molar-refractivity contribution is -0.121. The molecule has 3 rings (SSSR count). The van der Waals surface area contributed by atoms with Crippen LogP contribution in [0.25, 0.3) is 10.2 Å². The van der Waals surface area contributed by atoms with Crippen LogP contribution in [-0.2, 0) is 11.2 Å². The van der Waals surface area contributed by atoms with Gasteiger partial charge < -0.3 is 5.32 Å². The van der Waals surface area contributed by atoms with Gasteiger partial charge in [-0.2, -0.15) is 0 Å². The average Bonchev–Trinajstić information content (AvgIpc) is 3.03. The molecular formula is C20H29N3OS. The van der Waals surface area contributed by atoms with Crippen molar-refractivity contribution in [2.75, 3.05) is 19.6 Å². The van der Waals surface area contributed by atoms with Crippen LogP contribution in [0.4, 0.5) is 0 Å². The summed E-state index contributed by atoms with van der Waals surface area (Å²) in [5.74, 6) is 0.159. The molecule has 2 heterocycles. The number of nitrogens with one attached hydrogen (secondary N) is 1. The molecule has 1 aliphatic rings. The van der Waals surface area contributed by atoms with Crippen molar-refractivity contribution in [2.24, 2.45) is 0 Å². The SMILES string of the molecule is CC(C)(CNC(=O)CCCc1nc2ccccc2s1)N1CCCCC1. The second kappa shape index (κ2) is 8.28. The van der Waals surface area contributed by atoms with Crippen LogP contribution in [-0.4, -0.2) is 41.0 Å². The van der Waals surface area contributed by atoms with Gasteiger partial charge in [-0.05, 0) is 64.8 Å². The number of piperidine rings is 1. The van der Waals surface area contributed by atoms with E-state index in [-0.39, 0.29) is 11.4 Å². The zero-order valence-electron chi connectivity index (χ0n) is 15.4. The Bertz CT molecular complexity index is 671. The maximum Gasteiger partial charge on any atom is 0.220 e. The Labute approximate surface area is 154 Å². The summed E-state index contributed by atoms with van der Waals surface area (Å²) in [4.78, 5) is 19.3. The summed E-state index contributed by atoms with van der Waals surface area (Å²) in [5.41, 5.74) is 1.11. The molecule has 1 saturated heterocycles. The number of thiazole rings is 1. The zero-order chi connectivity index (χ0) is 17.7. The molecule has 5 heteroatoms. The summed E-state index contributed by atoms with van der Waals surface area (Å²) in [7, 11) is 0. The van der Waals surface area contributed by atoms with Crippen LogP contribution in [0, 0.1) is 0 Å². The maximum atomic E-state index is 12.2.